The fourth-order valence-corrected chi connectivity index (χ4v) is 1.23. The van der Waals surface area contributed by atoms with Crippen molar-refractivity contribution in [1.29, 1.82) is 0 Å². The Morgan fingerprint density at radius 2 is 1.70 bits per heavy atom. The number of terminal acetylenes is 2. The predicted octanol–water partition coefficient (Wildman–Crippen LogP) is 0.867. The Balaban J connectivity index is 0.000000621. The van der Waals surface area contributed by atoms with Crippen LogP contribution in [0.3, 0.4) is 0 Å². The van der Waals surface area contributed by atoms with E-state index in [9.17, 15) is 4.79 Å². The number of hydrogen-bond acceptors (Lipinski definition) is 3. The Morgan fingerprint density at radius 3 is 2.10 bits per heavy atom. The molecule has 0 spiro atoms. The van der Waals surface area contributed by atoms with E-state index in [4.69, 9.17) is 24.3 Å². The van der Waals surface area contributed by atoms with Crippen molar-refractivity contribution in [2.75, 3.05) is 13.1 Å². The maximum atomic E-state index is 11.5. The van der Waals surface area contributed by atoms with Gasteiger partial charge in [-0.05, 0) is 17.7 Å². The molecule has 0 saturated carbocycles. The minimum atomic E-state index is -0.103. The van der Waals surface area contributed by atoms with Gasteiger partial charge in [0.15, 0.2) is 0 Å². The van der Waals surface area contributed by atoms with E-state index in [0.29, 0.717) is 38.0 Å². The van der Waals surface area contributed by atoms with Gasteiger partial charge in [-0.3, -0.25) is 4.79 Å². The highest BCUT2D eigenvalue weighted by atomic mass is 16.1. The molecule has 0 fully saturated rings. The second-order valence-corrected chi connectivity index (χ2v) is 3.85. The van der Waals surface area contributed by atoms with Crippen molar-refractivity contribution in [1.82, 2.24) is 5.32 Å². The topological polar surface area (TPSA) is 81.1 Å². The highest BCUT2D eigenvalue weighted by Gasteiger charge is 2.03. The summed E-state index contributed by atoms with van der Waals surface area (Å²) in [6, 6.07) is 7.20. The van der Waals surface area contributed by atoms with Crippen LogP contribution in [0.2, 0.25) is 0 Å². The molecule has 0 atom stereocenters. The van der Waals surface area contributed by atoms with Gasteiger partial charge in [0.1, 0.15) is 0 Å². The van der Waals surface area contributed by atoms with Crippen LogP contribution in [0, 0.1) is 24.7 Å². The van der Waals surface area contributed by atoms with Crippen molar-refractivity contribution in [2.45, 2.75) is 19.4 Å². The molecule has 0 aliphatic carbocycles. The van der Waals surface area contributed by atoms with E-state index in [1.54, 1.807) is 12.1 Å². The first-order chi connectivity index (χ1) is 9.69. The van der Waals surface area contributed by atoms with Crippen LogP contribution >= 0.6 is 0 Å². The van der Waals surface area contributed by atoms with Gasteiger partial charge in [0.2, 0.25) is 0 Å². The summed E-state index contributed by atoms with van der Waals surface area (Å²) in [7, 11) is 0. The molecule has 4 nitrogen and oxygen atoms in total. The standard InChI is InChI=1S/C12H14N2O.C4H7N/c1-2-3-8-14-12(15)11-6-4-10(9-13)5-7-11;1-2-3-4-5/h1,4-7H,3,8-9,13H2,(H,14,15);1H,3-5H2. The quantitative estimate of drug-likeness (QED) is 0.549. The zero-order valence-electron chi connectivity index (χ0n) is 11.6. The highest BCUT2D eigenvalue weighted by Crippen LogP contribution is 2.03. The SMILES string of the molecule is C#CCCN.C#CCCNC(=O)c1ccc(CN)cc1. The van der Waals surface area contributed by atoms with Crippen LogP contribution in [0.25, 0.3) is 0 Å². The minimum Gasteiger partial charge on any atom is -0.351 e. The Hall–Kier alpha value is -2.27. The zero-order valence-corrected chi connectivity index (χ0v) is 11.6. The van der Waals surface area contributed by atoms with Crippen molar-refractivity contribution in [3.05, 3.63) is 35.4 Å². The van der Waals surface area contributed by atoms with E-state index < -0.39 is 0 Å². The van der Waals surface area contributed by atoms with Crippen LogP contribution in [0.1, 0.15) is 28.8 Å². The minimum absolute atomic E-state index is 0.103. The number of benzene rings is 1. The number of hydrogen-bond donors (Lipinski definition) is 3. The molecular weight excluding hydrogens is 250 g/mol. The smallest absolute Gasteiger partial charge is 0.251 e. The molecule has 1 amide bonds. The molecule has 0 aliphatic rings. The average molecular weight is 271 g/mol. The Kier molecular flexibility index (Phi) is 10.5. The number of nitrogens with one attached hydrogen (secondary N) is 1. The molecule has 0 saturated heterocycles. The van der Waals surface area contributed by atoms with Gasteiger partial charge in [-0.15, -0.1) is 24.7 Å². The molecular formula is C16H21N3O. The lowest BCUT2D eigenvalue weighted by Crippen LogP contribution is -2.24. The van der Waals surface area contributed by atoms with E-state index in [1.165, 1.54) is 0 Å². The zero-order chi connectivity index (χ0) is 15.2. The second-order valence-electron chi connectivity index (χ2n) is 3.85. The van der Waals surface area contributed by atoms with E-state index in [0.717, 1.165) is 5.56 Å². The summed E-state index contributed by atoms with van der Waals surface area (Å²) in [6.45, 7) is 1.60. The van der Waals surface area contributed by atoms with Crippen LogP contribution in [0.15, 0.2) is 24.3 Å². The molecule has 4 heteroatoms. The van der Waals surface area contributed by atoms with Crippen molar-refractivity contribution < 1.29 is 4.79 Å². The van der Waals surface area contributed by atoms with Crippen molar-refractivity contribution >= 4 is 5.91 Å². The fraction of sp³-hybridized carbons (Fsp3) is 0.312. The van der Waals surface area contributed by atoms with Gasteiger partial charge in [0.05, 0.1) is 0 Å². The van der Waals surface area contributed by atoms with Gasteiger partial charge in [-0.25, -0.2) is 0 Å². The molecule has 0 bridgehead atoms. The van der Waals surface area contributed by atoms with Gasteiger partial charge in [-0.2, -0.15) is 0 Å². The second kappa shape index (κ2) is 11.8. The largest absolute Gasteiger partial charge is 0.351 e. The van der Waals surface area contributed by atoms with Gasteiger partial charge < -0.3 is 16.8 Å². The maximum absolute atomic E-state index is 11.5. The van der Waals surface area contributed by atoms with E-state index in [2.05, 4.69) is 17.2 Å². The maximum Gasteiger partial charge on any atom is 0.251 e. The molecule has 0 radical (unpaired) electrons. The third-order valence-electron chi connectivity index (χ3n) is 2.30. The first kappa shape index (κ1) is 17.7. The van der Waals surface area contributed by atoms with Crippen LogP contribution in [-0.4, -0.2) is 19.0 Å². The first-order valence-electron chi connectivity index (χ1n) is 6.33. The molecule has 5 N–H and O–H groups in total. The summed E-state index contributed by atoms with van der Waals surface area (Å²) < 4.78 is 0. The van der Waals surface area contributed by atoms with Crippen molar-refractivity contribution in [3.8, 4) is 24.7 Å². The number of carbonyl (C=O) groups excluding carboxylic acids is 1. The lowest BCUT2D eigenvalue weighted by atomic mass is 10.1. The first-order valence-corrected chi connectivity index (χ1v) is 6.33. The fourth-order valence-electron chi connectivity index (χ4n) is 1.23. The number of carbonyl (C=O) groups is 1. The number of rotatable bonds is 5. The summed E-state index contributed by atoms with van der Waals surface area (Å²) in [5.41, 5.74) is 12.1. The number of nitrogens with two attached hydrogens (primary N) is 2. The van der Waals surface area contributed by atoms with Gasteiger partial charge in [0, 0.05) is 38.0 Å². The van der Waals surface area contributed by atoms with Crippen LogP contribution in [0.4, 0.5) is 0 Å². The third kappa shape index (κ3) is 7.94. The van der Waals surface area contributed by atoms with Crippen LogP contribution in [0.5, 0.6) is 0 Å². The lowest BCUT2D eigenvalue weighted by molar-refractivity contribution is 0.0954. The number of amides is 1. The predicted molar refractivity (Wildman–Crippen MR) is 82.6 cm³/mol. The van der Waals surface area contributed by atoms with Gasteiger partial charge in [0.25, 0.3) is 5.91 Å². The van der Waals surface area contributed by atoms with Crippen LogP contribution in [-0.2, 0) is 6.54 Å². The van der Waals surface area contributed by atoms with E-state index in [-0.39, 0.29) is 5.91 Å². The Morgan fingerprint density at radius 1 is 1.10 bits per heavy atom. The summed E-state index contributed by atoms with van der Waals surface area (Å²) in [4.78, 5) is 11.5. The summed E-state index contributed by atoms with van der Waals surface area (Å²) >= 11 is 0. The molecule has 1 aromatic carbocycles. The molecule has 1 rings (SSSR count). The molecule has 20 heavy (non-hydrogen) atoms. The molecule has 0 aliphatic heterocycles. The highest BCUT2D eigenvalue weighted by molar-refractivity contribution is 5.94. The third-order valence-corrected chi connectivity index (χ3v) is 2.30. The Labute approximate surface area is 120 Å². The lowest BCUT2D eigenvalue weighted by Gasteiger charge is -2.03. The molecule has 106 valence electrons. The van der Waals surface area contributed by atoms with Crippen LogP contribution < -0.4 is 16.8 Å². The monoisotopic (exact) mass is 271 g/mol. The van der Waals surface area contributed by atoms with Gasteiger partial charge >= 0.3 is 0 Å². The molecule has 0 heterocycles. The van der Waals surface area contributed by atoms with E-state index in [1.807, 2.05) is 12.1 Å². The van der Waals surface area contributed by atoms with Crippen molar-refractivity contribution in [2.24, 2.45) is 11.5 Å². The van der Waals surface area contributed by atoms with Gasteiger partial charge in [-0.1, -0.05) is 12.1 Å². The van der Waals surface area contributed by atoms with E-state index >= 15 is 0 Å². The Bertz CT molecular complexity index is 466. The summed E-state index contributed by atoms with van der Waals surface area (Å²) in [5.74, 6) is 4.75. The normalized spacial score (nSPS) is 8.60. The summed E-state index contributed by atoms with van der Waals surface area (Å²) in [5, 5.41) is 2.72. The molecule has 0 aromatic heterocycles. The molecule has 1 aromatic rings. The van der Waals surface area contributed by atoms with Crippen molar-refractivity contribution in [3.63, 3.8) is 0 Å². The average Bonchev–Trinajstić information content (AvgIpc) is 2.49. The molecule has 0 unspecified atom stereocenters. The summed E-state index contributed by atoms with van der Waals surface area (Å²) in [6.07, 6.45) is 11.1.